The molecule has 1 aromatic carbocycles. The van der Waals surface area contributed by atoms with Gasteiger partial charge in [-0.05, 0) is 47.0 Å². The number of thiophene rings is 1. The molecule has 1 amide bonds. The molecule has 0 saturated carbocycles. The van der Waals surface area contributed by atoms with E-state index in [2.05, 4.69) is 5.32 Å². The Kier molecular flexibility index (Phi) is 4.34. The van der Waals surface area contributed by atoms with Gasteiger partial charge in [-0.3, -0.25) is 4.79 Å². The molecule has 112 valence electrons. The molecule has 0 aliphatic rings. The monoisotopic (exact) mass is 324 g/mol. The van der Waals surface area contributed by atoms with Gasteiger partial charge >= 0.3 is 0 Å². The van der Waals surface area contributed by atoms with Crippen molar-refractivity contribution in [3.63, 3.8) is 0 Å². The summed E-state index contributed by atoms with van der Waals surface area (Å²) in [6.45, 7) is 2.37. The lowest BCUT2D eigenvalue weighted by molar-refractivity contribution is 0.0950. The van der Waals surface area contributed by atoms with Crippen LogP contribution in [0.1, 0.15) is 21.5 Å². The zero-order valence-electron chi connectivity index (χ0n) is 11.7. The molecular weight excluding hydrogens is 308 g/mol. The van der Waals surface area contributed by atoms with Crippen LogP contribution in [0.25, 0.3) is 0 Å². The maximum atomic E-state index is 12.1. The number of carbonyl (C=O) groups is 1. The largest absolute Gasteiger partial charge is 0.399 e. The second kappa shape index (κ2) is 5.87. The third kappa shape index (κ3) is 3.83. The van der Waals surface area contributed by atoms with Crippen molar-refractivity contribution in [1.82, 2.24) is 5.32 Å². The summed E-state index contributed by atoms with van der Waals surface area (Å²) in [7, 11) is -3.40. The smallest absolute Gasteiger partial charge is 0.251 e. The van der Waals surface area contributed by atoms with Crippen LogP contribution in [0.3, 0.4) is 0 Å². The van der Waals surface area contributed by atoms with E-state index in [1.54, 1.807) is 11.3 Å². The average molecular weight is 324 g/mol. The minimum Gasteiger partial charge on any atom is -0.399 e. The van der Waals surface area contributed by atoms with Gasteiger partial charge in [-0.2, -0.15) is 11.3 Å². The maximum Gasteiger partial charge on any atom is 0.251 e. The number of nitrogen functional groups attached to an aromatic ring is 1. The summed E-state index contributed by atoms with van der Waals surface area (Å²) in [5, 5.41) is 6.74. The van der Waals surface area contributed by atoms with Crippen LogP contribution in [0, 0.1) is 6.92 Å². The van der Waals surface area contributed by atoms with Crippen LogP contribution < -0.4 is 11.1 Å². The van der Waals surface area contributed by atoms with Gasteiger partial charge in [0.1, 0.15) is 0 Å². The third-order valence-electron chi connectivity index (χ3n) is 3.02. The summed E-state index contributed by atoms with van der Waals surface area (Å²) in [4.78, 5) is 12.2. The number of benzene rings is 1. The van der Waals surface area contributed by atoms with E-state index >= 15 is 0 Å². The molecule has 21 heavy (non-hydrogen) atoms. The molecule has 5 nitrogen and oxygen atoms in total. The summed E-state index contributed by atoms with van der Waals surface area (Å²) >= 11 is 1.57. The van der Waals surface area contributed by atoms with E-state index < -0.39 is 9.84 Å². The lowest BCUT2D eigenvalue weighted by Gasteiger charge is -2.08. The quantitative estimate of drug-likeness (QED) is 0.842. The number of nitrogens with one attached hydrogen (secondary N) is 1. The number of aryl methyl sites for hydroxylation is 1. The van der Waals surface area contributed by atoms with Crippen LogP contribution >= 0.6 is 11.3 Å². The van der Waals surface area contributed by atoms with Crippen molar-refractivity contribution >= 4 is 32.8 Å². The molecule has 0 saturated heterocycles. The van der Waals surface area contributed by atoms with E-state index in [1.807, 2.05) is 17.7 Å². The van der Waals surface area contributed by atoms with Gasteiger partial charge in [0.05, 0.1) is 4.90 Å². The molecule has 0 aliphatic carbocycles. The van der Waals surface area contributed by atoms with Crippen molar-refractivity contribution in [2.45, 2.75) is 18.4 Å². The van der Waals surface area contributed by atoms with Gasteiger partial charge in [-0.25, -0.2) is 8.42 Å². The van der Waals surface area contributed by atoms with Crippen molar-refractivity contribution in [2.24, 2.45) is 0 Å². The summed E-state index contributed by atoms with van der Waals surface area (Å²) in [6.07, 6.45) is 1.08. The number of hydrogen-bond acceptors (Lipinski definition) is 5. The zero-order chi connectivity index (χ0) is 15.6. The second-order valence-electron chi connectivity index (χ2n) is 4.83. The molecule has 0 unspecified atom stereocenters. The fraction of sp³-hybridized carbons (Fsp3) is 0.214. The Morgan fingerprint density at radius 2 is 2.00 bits per heavy atom. The SMILES string of the molecule is Cc1cscc1CNC(=O)c1cc(N)cc(S(C)(=O)=O)c1. The fourth-order valence-corrected chi connectivity index (χ4v) is 3.36. The highest BCUT2D eigenvalue weighted by atomic mass is 32.2. The van der Waals surface area contributed by atoms with Crippen molar-refractivity contribution < 1.29 is 13.2 Å². The topological polar surface area (TPSA) is 89.3 Å². The molecule has 2 aromatic rings. The molecule has 7 heteroatoms. The number of nitrogens with two attached hydrogens (primary N) is 1. The van der Waals surface area contributed by atoms with Crippen LogP contribution in [-0.4, -0.2) is 20.6 Å². The number of amides is 1. The Balaban J connectivity index is 2.20. The second-order valence-corrected chi connectivity index (χ2v) is 7.58. The van der Waals surface area contributed by atoms with E-state index in [0.29, 0.717) is 6.54 Å². The first-order valence-corrected chi connectivity index (χ1v) is 9.01. The van der Waals surface area contributed by atoms with Gasteiger partial charge in [-0.1, -0.05) is 0 Å². The van der Waals surface area contributed by atoms with Crippen LogP contribution in [0.4, 0.5) is 5.69 Å². The first kappa shape index (κ1) is 15.5. The molecule has 0 atom stereocenters. The Morgan fingerprint density at radius 1 is 1.29 bits per heavy atom. The zero-order valence-corrected chi connectivity index (χ0v) is 13.3. The van der Waals surface area contributed by atoms with E-state index in [1.165, 1.54) is 18.2 Å². The highest BCUT2D eigenvalue weighted by Crippen LogP contribution is 2.17. The molecule has 1 aromatic heterocycles. The van der Waals surface area contributed by atoms with Crippen LogP contribution in [0.5, 0.6) is 0 Å². The minimum absolute atomic E-state index is 0.0411. The highest BCUT2D eigenvalue weighted by molar-refractivity contribution is 7.90. The van der Waals surface area contributed by atoms with Crippen molar-refractivity contribution in [1.29, 1.82) is 0 Å². The van der Waals surface area contributed by atoms with Gasteiger partial charge in [-0.15, -0.1) is 0 Å². The first-order chi connectivity index (χ1) is 9.77. The first-order valence-electron chi connectivity index (χ1n) is 6.18. The molecule has 0 fully saturated rings. The number of carbonyl (C=O) groups excluding carboxylic acids is 1. The Morgan fingerprint density at radius 3 is 2.57 bits per heavy atom. The normalized spacial score (nSPS) is 11.3. The minimum atomic E-state index is -3.40. The van der Waals surface area contributed by atoms with E-state index in [0.717, 1.165) is 17.4 Å². The number of hydrogen-bond donors (Lipinski definition) is 2. The molecule has 0 spiro atoms. The summed E-state index contributed by atoms with van der Waals surface area (Å²) in [5.41, 5.74) is 8.31. The maximum absolute atomic E-state index is 12.1. The third-order valence-corrected chi connectivity index (χ3v) is 5.02. The molecule has 0 radical (unpaired) electrons. The van der Waals surface area contributed by atoms with Gasteiger partial charge in [0.15, 0.2) is 9.84 Å². The lowest BCUT2D eigenvalue weighted by atomic mass is 10.1. The standard InChI is InChI=1S/C14H16N2O3S2/c1-9-7-20-8-11(9)6-16-14(17)10-3-12(15)5-13(4-10)21(2,18)19/h3-5,7-8H,6,15H2,1-2H3,(H,16,17). The fourth-order valence-electron chi connectivity index (χ4n) is 1.81. The predicted octanol–water partition coefficient (Wildman–Crippen LogP) is 1.97. The van der Waals surface area contributed by atoms with Crippen LogP contribution in [-0.2, 0) is 16.4 Å². The molecular formula is C14H16N2O3S2. The van der Waals surface area contributed by atoms with Gasteiger partial charge in [0.25, 0.3) is 5.91 Å². The van der Waals surface area contributed by atoms with Crippen molar-refractivity contribution in [2.75, 3.05) is 12.0 Å². The molecule has 0 bridgehead atoms. The molecule has 3 N–H and O–H groups in total. The Labute approximate surface area is 127 Å². The van der Waals surface area contributed by atoms with E-state index in [4.69, 9.17) is 5.73 Å². The van der Waals surface area contributed by atoms with Crippen LogP contribution in [0.2, 0.25) is 0 Å². The summed E-state index contributed by atoms with van der Waals surface area (Å²) in [5.74, 6) is -0.349. The van der Waals surface area contributed by atoms with Crippen LogP contribution in [0.15, 0.2) is 33.9 Å². The molecule has 1 heterocycles. The van der Waals surface area contributed by atoms with Crippen molar-refractivity contribution in [3.8, 4) is 0 Å². The van der Waals surface area contributed by atoms with Gasteiger partial charge in [0, 0.05) is 24.1 Å². The summed E-state index contributed by atoms with van der Waals surface area (Å²) < 4.78 is 23.1. The average Bonchev–Trinajstić information content (AvgIpc) is 2.79. The van der Waals surface area contributed by atoms with Gasteiger partial charge < -0.3 is 11.1 Å². The number of sulfone groups is 1. The lowest BCUT2D eigenvalue weighted by Crippen LogP contribution is -2.23. The summed E-state index contributed by atoms with van der Waals surface area (Å²) in [6, 6.07) is 4.14. The number of anilines is 1. The van der Waals surface area contributed by atoms with Crippen molar-refractivity contribution in [3.05, 3.63) is 45.6 Å². The highest BCUT2D eigenvalue weighted by Gasteiger charge is 2.13. The Bertz CT molecular complexity index is 779. The van der Waals surface area contributed by atoms with Gasteiger partial charge in [0.2, 0.25) is 0 Å². The Hall–Kier alpha value is -1.86. The molecule has 0 aliphatic heterocycles. The van der Waals surface area contributed by atoms with E-state index in [-0.39, 0.29) is 22.1 Å². The van der Waals surface area contributed by atoms with E-state index in [9.17, 15) is 13.2 Å². The molecule has 2 rings (SSSR count). The predicted molar refractivity (Wildman–Crippen MR) is 84.2 cm³/mol. The number of rotatable bonds is 4.